The van der Waals surface area contributed by atoms with Crippen LogP contribution in [0.5, 0.6) is 17.2 Å². The van der Waals surface area contributed by atoms with Gasteiger partial charge in [0.15, 0.2) is 11.5 Å². The van der Waals surface area contributed by atoms with E-state index in [0.29, 0.717) is 18.1 Å². The highest BCUT2D eigenvalue weighted by Gasteiger charge is 2.05. The van der Waals surface area contributed by atoms with Gasteiger partial charge >= 0.3 is 0 Å². The van der Waals surface area contributed by atoms with E-state index < -0.39 is 5.82 Å². The molecule has 0 fully saturated rings. The molecule has 0 atom stereocenters. The number of nitrogens with zero attached hydrogens (tertiary/aromatic N) is 1. The first-order chi connectivity index (χ1) is 10.2. The van der Waals surface area contributed by atoms with Gasteiger partial charge in [-0.15, -0.1) is 0 Å². The van der Waals surface area contributed by atoms with E-state index in [1.807, 2.05) is 6.92 Å². The van der Waals surface area contributed by atoms with Crippen LogP contribution in [0.3, 0.4) is 0 Å². The summed E-state index contributed by atoms with van der Waals surface area (Å²) in [4.78, 5) is 9.64. The van der Waals surface area contributed by atoms with E-state index in [9.17, 15) is 4.39 Å². The molecule has 0 saturated carbocycles. The van der Waals surface area contributed by atoms with Gasteiger partial charge in [-0.05, 0) is 43.3 Å². The Kier molecular flexibility index (Phi) is 4.96. The van der Waals surface area contributed by atoms with Gasteiger partial charge in [0.25, 0.3) is 0 Å². The summed E-state index contributed by atoms with van der Waals surface area (Å²) in [7, 11) is 0. The number of nitriles is 1. The maximum atomic E-state index is 13.3. The number of benzene rings is 2. The molecule has 0 spiro atoms. The van der Waals surface area contributed by atoms with Crippen LogP contribution in [-0.2, 0) is 5.04 Å². The molecular weight excluding hydrogens is 277 g/mol. The number of halogens is 1. The third-order valence-electron chi connectivity index (χ3n) is 2.46. The maximum Gasteiger partial charge on any atom is 0.172 e. The Balaban J connectivity index is 1.86. The molecule has 0 unspecified atom stereocenters. The summed E-state index contributed by atoms with van der Waals surface area (Å²) >= 11 is 0. The van der Waals surface area contributed by atoms with Crippen molar-refractivity contribution in [3.8, 4) is 23.3 Å². The smallest absolute Gasteiger partial charge is 0.172 e. The molecule has 6 heteroatoms. The van der Waals surface area contributed by atoms with Gasteiger partial charge in [-0.25, -0.2) is 4.39 Å². The SMILES string of the molecule is CCOc1ccc(OOOc2ccc(C#N)c(F)c2)cc1. The Morgan fingerprint density at radius 2 is 1.62 bits per heavy atom. The molecule has 0 N–H and O–H groups in total. The van der Waals surface area contributed by atoms with Crippen molar-refractivity contribution in [1.82, 2.24) is 0 Å². The topological polar surface area (TPSA) is 60.7 Å². The van der Waals surface area contributed by atoms with Crippen LogP contribution in [-0.4, -0.2) is 6.61 Å². The Bertz CT molecular complexity index is 637. The van der Waals surface area contributed by atoms with Crippen molar-refractivity contribution in [2.75, 3.05) is 6.61 Å². The minimum atomic E-state index is -0.695. The van der Waals surface area contributed by atoms with Crippen molar-refractivity contribution in [2.45, 2.75) is 6.92 Å². The van der Waals surface area contributed by atoms with Crippen LogP contribution in [0.25, 0.3) is 0 Å². The molecule has 0 saturated heterocycles. The number of rotatable bonds is 6. The van der Waals surface area contributed by atoms with Gasteiger partial charge in [0.05, 0.1) is 12.2 Å². The Morgan fingerprint density at radius 3 is 2.24 bits per heavy atom. The monoisotopic (exact) mass is 289 g/mol. The second-order valence-electron chi connectivity index (χ2n) is 3.89. The van der Waals surface area contributed by atoms with Crippen molar-refractivity contribution >= 4 is 0 Å². The summed E-state index contributed by atoms with van der Waals surface area (Å²) in [6.07, 6.45) is 0. The summed E-state index contributed by atoms with van der Waals surface area (Å²) in [5.41, 5.74) is -0.0743. The molecule has 5 nitrogen and oxygen atoms in total. The molecular formula is C15H12FNO4. The standard InChI is InChI=1S/C15H12FNO4/c1-2-18-12-5-7-13(8-6-12)19-21-20-14-4-3-11(10-17)15(16)9-14/h3-9H,2H2,1H3. The van der Waals surface area contributed by atoms with Gasteiger partial charge in [-0.1, -0.05) is 0 Å². The van der Waals surface area contributed by atoms with E-state index in [-0.39, 0.29) is 11.3 Å². The first kappa shape index (κ1) is 14.6. The fourth-order valence-electron chi connectivity index (χ4n) is 1.49. The fraction of sp³-hybridized carbons (Fsp3) is 0.133. The lowest BCUT2D eigenvalue weighted by atomic mass is 10.2. The van der Waals surface area contributed by atoms with E-state index in [1.165, 1.54) is 12.1 Å². The summed E-state index contributed by atoms with van der Waals surface area (Å²) in [5.74, 6) is 0.490. The van der Waals surface area contributed by atoms with Gasteiger partial charge in [-0.3, -0.25) is 9.78 Å². The average molecular weight is 289 g/mol. The second-order valence-corrected chi connectivity index (χ2v) is 3.89. The molecule has 0 radical (unpaired) electrons. The molecule has 0 aliphatic rings. The third kappa shape index (κ3) is 4.09. The molecule has 0 aromatic heterocycles. The number of hydrogen-bond donors (Lipinski definition) is 0. The molecule has 0 aliphatic carbocycles. The highest BCUT2D eigenvalue weighted by molar-refractivity contribution is 5.36. The maximum absolute atomic E-state index is 13.3. The van der Waals surface area contributed by atoms with E-state index in [0.717, 1.165) is 6.07 Å². The Labute approximate surface area is 120 Å². The predicted octanol–water partition coefficient (Wildman–Crippen LogP) is 3.40. The van der Waals surface area contributed by atoms with Crippen LogP contribution in [0.2, 0.25) is 0 Å². The van der Waals surface area contributed by atoms with Crippen LogP contribution in [0, 0.1) is 17.1 Å². The number of ether oxygens (including phenoxy) is 1. The highest BCUT2D eigenvalue weighted by Crippen LogP contribution is 2.19. The minimum Gasteiger partial charge on any atom is -0.494 e. The summed E-state index contributed by atoms with van der Waals surface area (Å²) in [5, 5.41) is 13.1. The van der Waals surface area contributed by atoms with Crippen molar-refractivity contribution < 1.29 is 23.9 Å². The zero-order valence-electron chi connectivity index (χ0n) is 11.2. The third-order valence-corrected chi connectivity index (χ3v) is 2.46. The van der Waals surface area contributed by atoms with Gasteiger partial charge < -0.3 is 4.74 Å². The van der Waals surface area contributed by atoms with Crippen LogP contribution in [0.1, 0.15) is 12.5 Å². The van der Waals surface area contributed by atoms with Crippen LogP contribution < -0.4 is 14.5 Å². The molecule has 108 valence electrons. The lowest BCUT2D eigenvalue weighted by molar-refractivity contribution is -0.411. The van der Waals surface area contributed by atoms with Gasteiger partial charge in [0, 0.05) is 11.1 Å². The lowest BCUT2D eigenvalue weighted by Crippen LogP contribution is -2.02. The zero-order chi connectivity index (χ0) is 15.1. The molecule has 21 heavy (non-hydrogen) atoms. The highest BCUT2D eigenvalue weighted by atomic mass is 19.1. The van der Waals surface area contributed by atoms with Crippen molar-refractivity contribution in [2.24, 2.45) is 0 Å². The second kappa shape index (κ2) is 7.12. The lowest BCUT2D eigenvalue weighted by Gasteiger charge is -2.06. The molecule has 2 aromatic rings. The molecule has 2 rings (SSSR count). The predicted molar refractivity (Wildman–Crippen MR) is 71.1 cm³/mol. The molecule has 2 aromatic carbocycles. The van der Waals surface area contributed by atoms with Crippen molar-refractivity contribution in [3.63, 3.8) is 0 Å². The van der Waals surface area contributed by atoms with E-state index in [4.69, 9.17) is 19.8 Å². The molecule has 0 amide bonds. The summed E-state index contributed by atoms with van der Waals surface area (Å²) in [6, 6.07) is 12.1. The molecule has 0 heterocycles. The first-order valence-electron chi connectivity index (χ1n) is 6.16. The minimum absolute atomic E-state index is 0.0743. The molecule has 0 bridgehead atoms. The largest absolute Gasteiger partial charge is 0.494 e. The summed E-state index contributed by atoms with van der Waals surface area (Å²) in [6.45, 7) is 2.46. The fourth-order valence-corrected chi connectivity index (χ4v) is 1.49. The normalized spacial score (nSPS) is 9.76. The van der Waals surface area contributed by atoms with Crippen LogP contribution in [0.4, 0.5) is 4.39 Å². The van der Waals surface area contributed by atoms with Gasteiger partial charge in [0.1, 0.15) is 17.6 Å². The Hall–Kier alpha value is -2.78. The summed E-state index contributed by atoms with van der Waals surface area (Å²) < 4.78 is 18.6. The van der Waals surface area contributed by atoms with Gasteiger partial charge in [0.2, 0.25) is 0 Å². The Morgan fingerprint density at radius 1 is 1.00 bits per heavy atom. The van der Waals surface area contributed by atoms with Crippen LogP contribution >= 0.6 is 0 Å². The number of hydrogen-bond acceptors (Lipinski definition) is 5. The van der Waals surface area contributed by atoms with E-state index in [2.05, 4.69) is 5.04 Å². The molecule has 0 aliphatic heterocycles. The average Bonchev–Trinajstić information content (AvgIpc) is 2.49. The van der Waals surface area contributed by atoms with Gasteiger partial charge in [-0.2, -0.15) is 5.26 Å². The van der Waals surface area contributed by atoms with E-state index in [1.54, 1.807) is 30.3 Å². The van der Waals surface area contributed by atoms with Crippen molar-refractivity contribution in [1.29, 1.82) is 5.26 Å². The quantitative estimate of drug-likeness (QED) is 0.602. The van der Waals surface area contributed by atoms with Crippen LogP contribution in [0.15, 0.2) is 42.5 Å². The van der Waals surface area contributed by atoms with E-state index >= 15 is 0 Å². The first-order valence-corrected chi connectivity index (χ1v) is 6.16. The van der Waals surface area contributed by atoms with Crippen molar-refractivity contribution in [3.05, 3.63) is 53.8 Å². The zero-order valence-corrected chi connectivity index (χ0v) is 11.2.